The van der Waals surface area contributed by atoms with E-state index in [2.05, 4.69) is 5.32 Å². The van der Waals surface area contributed by atoms with Gasteiger partial charge in [-0.05, 0) is 38.5 Å². The highest BCUT2D eigenvalue weighted by Crippen LogP contribution is 2.25. The van der Waals surface area contributed by atoms with Gasteiger partial charge in [-0.2, -0.15) is 0 Å². The summed E-state index contributed by atoms with van der Waals surface area (Å²) >= 11 is 0. The van der Waals surface area contributed by atoms with Crippen molar-refractivity contribution in [1.29, 1.82) is 0 Å². The van der Waals surface area contributed by atoms with Gasteiger partial charge in [0.25, 0.3) is 0 Å². The molecule has 0 radical (unpaired) electrons. The summed E-state index contributed by atoms with van der Waals surface area (Å²) in [7, 11) is 1.73. The fraction of sp³-hybridized carbons (Fsp3) is 0.846. The predicted octanol–water partition coefficient (Wildman–Crippen LogP) is 1.04. The molecule has 6 nitrogen and oxygen atoms in total. The first-order valence-corrected chi connectivity index (χ1v) is 6.90. The normalized spacial score (nSPS) is 22.2. The summed E-state index contributed by atoms with van der Waals surface area (Å²) in [4.78, 5) is 24.3. The molecule has 1 aliphatic rings. The molecule has 0 spiro atoms. The van der Waals surface area contributed by atoms with Crippen LogP contribution in [-0.4, -0.2) is 53.4 Å². The number of hydrogen-bond acceptors (Lipinski definition) is 3. The lowest BCUT2D eigenvalue weighted by molar-refractivity contribution is -0.141. The number of aliphatic hydroxyl groups is 1. The summed E-state index contributed by atoms with van der Waals surface area (Å²) in [6.45, 7) is 0.843. The highest BCUT2D eigenvalue weighted by Gasteiger charge is 2.30. The number of carboxylic acids is 1. The van der Waals surface area contributed by atoms with E-state index in [1.807, 2.05) is 0 Å². The Bertz CT molecular complexity index is 309. The first kappa shape index (κ1) is 15.8. The topological polar surface area (TPSA) is 89.9 Å². The predicted molar refractivity (Wildman–Crippen MR) is 70.9 cm³/mol. The first-order valence-electron chi connectivity index (χ1n) is 6.90. The summed E-state index contributed by atoms with van der Waals surface area (Å²) in [6.07, 6.45) is 4.44. The average Bonchev–Trinajstić information content (AvgIpc) is 2.83. The van der Waals surface area contributed by atoms with Crippen LogP contribution in [0.4, 0.5) is 4.79 Å². The van der Waals surface area contributed by atoms with Gasteiger partial charge in [0.2, 0.25) is 0 Å². The summed E-state index contributed by atoms with van der Waals surface area (Å²) < 4.78 is 0. The van der Waals surface area contributed by atoms with Crippen LogP contribution in [0.1, 0.15) is 38.5 Å². The van der Waals surface area contributed by atoms with Crippen LogP contribution >= 0.6 is 0 Å². The molecule has 0 bridgehead atoms. The number of urea groups is 1. The van der Waals surface area contributed by atoms with Gasteiger partial charge in [-0.25, -0.2) is 4.79 Å². The maximum atomic E-state index is 11.9. The summed E-state index contributed by atoms with van der Waals surface area (Å²) in [5.74, 6) is -1.09. The third-order valence-corrected chi connectivity index (χ3v) is 3.61. The van der Waals surface area contributed by atoms with Gasteiger partial charge >= 0.3 is 12.0 Å². The molecule has 0 heterocycles. The molecule has 1 rings (SSSR count). The van der Waals surface area contributed by atoms with Gasteiger partial charge in [0.05, 0.1) is 5.92 Å². The Kier molecular flexibility index (Phi) is 6.62. The van der Waals surface area contributed by atoms with Gasteiger partial charge < -0.3 is 20.4 Å². The number of nitrogens with one attached hydrogen (secondary N) is 1. The Balaban J connectivity index is 2.21. The van der Waals surface area contributed by atoms with Crippen LogP contribution in [0.2, 0.25) is 0 Å². The molecule has 0 saturated heterocycles. The highest BCUT2D eigenvalue weighted by molar-refractivity contribution is 5.75. The molecule has 0 aromatic heterocycles. The van der Waals surface area contributed by atoms with E-state index >= 15 is 0 Å². The number of aliphatic hydroxyl groups excluding tert-OH is 1. The first-order chi connectivity index (χ1) is 9.04. The van der Waals surface area contributed by atoms with E-state index in [4.69, 9.17) is 10.2 Å². The molecule has 6 heteroatoms. The van der Waals surface area contributed by atoms with Crippen LogP contribution in [0.5, 0.6) is 0 Å². The van der Waals surface area contributed by atoms with Crippen molar-refractivity contribution < 1.29 is 19.8 Å². The molecule has 0 aromatic carbocycles. The lowest BCUT2D eigenvalue weighted by Gasteiger charge is -2.21. The second-order valence-corrected chi connectivity index (χ2v) is 5.20. The Morgan fingerprint density at radius 3 is 2.58 bits per heavy atom. The largest absolute Gasteiger partial charge is 0.481 e. The number of carbonyl (C=O) groups is 2. The van der Waals surface area contributed by atoms with Crippen molar-refractivity contribution in [2.75, 3.05) is 20.2 Å². The van der Waals surface area contributed by atoms with E-state index in [1.165, 1.54) is 0 Å². The zero-order chi connectivity index (χ0) is 14.3. The number of amides is 2. The number of carbonyl (C=O) groups excluding carboxylic acids is 1. The van der Waals surface area contributed by atoms with E-state index in [1.54, 1.807) is 11.9 Å². The Morgan fingerprint density at radius 2 is 2.00 bits per heavy atom. The van der Waals surface area contributed by atoms with Crippen molar-refractivity contribution in [2.45, 2.75) is 44.6 Å². The molecule has 2 amide bonds. The maximum Gasteiger partial charge on any atom is 0.317 e. The van der Waals surface area contributed by atoms with E-state index in [-0.39, 0.29) is 24.6 Å². The molecule has 0 aromatic rings. The van der Waals surface area contributed by atoms with E-state index < -0.39 is 5.97 Å². The minimum absolute atomic E-state index is 0.0199. The number of hydrogen-bond donors (Lipinski definition) is 3. The average molecular weight is 272 g/mol. The van der Waals surface area contributed by atoms with Crippen LogP contribution in [0.25, 0.3) is 0 Å². The summed E-state index contributed by atoms with van der Waals surface area (Å²) in [6, 6.07) is -0.159. The van der Waals surface area contributed by atoms with Crippen molar-refractivity contribution in [3.05, 3.63) is 0 Å². The number of nitrogens with zero attached hydrogens (tertiary/aromatic N) is 1. The SMILES string of the molecule is CN(CCCCCO)C(=O)N[C@H]1CC[C@@H](C(=O)O)C1. The third kappa shape index (κ3) is 5.46. The van der Waals surface area contributed by atoms with Crippen LogP contribution in [0.3, 0.4) is 0 Å². The molecule has 19 heavy (non-hydrogen) atoms. The minimum atomic E-state index is -0.769. The van der Waals surface area contributed by atoms with Crippen molar-refractivity contribution >= 4 is 12.0 Å². The van der Waals surface area contributed by atoms with E-state index in [0.717, 1.165) is 25.7 Å². The van der Waals surface area contributed by atoms with Crippen LogP contribution in [0.15, 0.2) is 0 Å². The van der Waals surface area contributed by atoms with Gasteiger partial charge in [0.15, 0.2) is 0 Å². The third-order valence-electron chi connectivity index (χ3n) is 3.61. The smallest absolute Gasteiger partial charge is 0.317 e. The molecule has 3 N–H and O–H groups in total. The van der Waals surface area contributed by atoms with E-state index in [9.17, 15) is 9.59 Å². The van der Waals surface area contributed by atoms with Gasteiger partial charge in [-0.1, -0.05) is 0 Å². The molecule has 0 aliphatic heterocycles. The fourth-order valence-electron chi connectivity index (χ4n) is 2.36. The minimum Gasteiger partial charge on any atom is -0.481 e. The molecule has 110 valence electrons. The second kappa shape index (κ2) is 7.99. The molecule has 0 unspecified atom stereocenters. The lowest BCUT2D eigenvalue weighted by Crippen LogP contribution is -2.42. The van der Waals surface area contributed by atoms with Crippen molar-refractivity contribution in [2.24, 2.45) is 5.92 Å². The molecule has 2 atom stereocenters. The summed E-state index contributed by atoms with van der Waals surface area (Å²) in [5.41, 5.74) is 0. The van der Waals surface area contributed by atoms with Gasteiger partial charge in [-0.3, -0.25) is 4.79 Å². The van der Waals surface area contributed by atoms with Crippen molar-refractivity contribution in [1.82, 2.24) is 10.2 Å². The number of unbranched alkanes of at least 4 members (excludes halogenated alkanes) is 2. The maximum absolute atomic E-state index is 11.9. The highest BCUT2D eigenvalue weighted by atomic mass is 16.4. The molecular weight excluding hydrogens is 248 g/mol. The number of carboxylic acid groups (broad SMARTS) is 1. The number of rotatable bonds is 7. The monoisotopic (exact) mass is 272 g/mol. The Labute approximate surface area is 113 Å². The summed E-state index contributed by atoms with van der Waals surface area (Å²) in [5, 5.41) is 20.4. The van der Waals surface area contributed by atoms with Crippen molar-refractivity contribution in [3.63, 3.8) is 0 Å². The van der Waals surface area contributed by atoms with Gasteiger partial charge in [0.1, 0.15) is 0 Å². The van der Waals surface area contributed by atoms with Crippen LogP contribution in [0, 0.1) is 5.92 Å². The Hall–Kier alpha value is -1.30. The molecule has 1 fully saturated rings. The lowest BCUT2D eigenvalue weighted by atomic mass is 10.1. The standard InChI is InChI=1S/C13H24N2O4/c1-15(7-3-2-4-8-16)13(19)14-11-6-5-10(9-11)12(17)18/h10-11,16H,2-9H2,1H3,(H,14,19)(H,17,18)/t10-,11+/m1/s1. The van der Waals surface area contributed by atoms with E-state index in [0.29, 0.717) is 19.4 Å². The van der Waals surface area contributed by atoms with Crippen LogP contribution < -0.4 is 5.32 Å². The second-order valence-electron chi connectivity index (χ2n) is 5.20. The number of aliphatic carboxylic acids is 1. The molecule has 1 aliphatic carbocycles. The fourth-order valence-corrected chi connectivity index (χ4v) is 2.36. The zero-order valence-corrected chi connectivity index (χ0v) is 11.5. The van der Waals surface area contributed by atoms with Gasteiger partial charge in [0, 0.05) is 26.2 Å². The molecule has 1 saturated carbocycles. The van der Waals surface area contributed by atoms with Crippen molar-refractivity contribution in [3.8, 4) is 0 Å². The zero-order valence-electron chi connectivity index (χ0n) is 11.5. The van der Waals surface area contributed by atoms with Gasteiger partial charge in [-0.15, -0.1) is 0 Å². The quantitative estimate of drug-likeness (QED) is 0.604. The van der Waals surface area contributed by atoms with Crippen LogP contribution in [-0.2, 0) is 4.79 Å². The Morgan fingerprint density at radius 1 is 1.26 bits per heavy atom. The molecular formula is C13H24N2O4.